The van der Waals surface area contributed by atoms with E-state index in [0.717, 1.165) is 36.3 Å². The average molecular weight is 281 g/mol. The molecule has 0 saturated carbocycles. The molecule has 2 rings (SSSR count). The Bertz CT molecular complexity index is 455. The quantitative estimate of drug-likeness (QED) is 0.920. The van der Waals surface area contributed by atoms with Crippen molar-refractivity contribution >= 4 is 22.9 Å². The number of ether oxygens (including phenoxy) is 1. The fourth-order valence-electron chi connectivity index (χ4n) is 2.39. The zero-order valence-electron chi connectivity index (χ0n) is 11.4. The molecule has 1 aromatic rings. The third-order valence-electron chi connectivity index (χ3n) is 3.55. The molecule has 0 amide bonds. The van der Waals surface area contributed by atoms with Crippen molar-refractivity contribution in [3.05, 3.63) is 35.4 Å². The molecule has 0 aromatic heterocycles. The van der Waals surface area contributed by atoms with Gasteiger partial charge in [-0.05, 0) is 43.0 Å². The van der Waals surface area contributed by atoms with Crippen LogP contribution >= 0.6 is 11.6 Å². The lowest BCUT2D eigenvalue weighted by atomic mass is 10.0. The number of anilines is 1. The van der Waals surface area contributed by atoms with E-state index in [2.05, 4.69) is 11.5 Å². The number of hydrogen-bond acceptors (Lipinski definition) is 3. The first-order valence-electron chi connectivity index (χ1n) is 6.65. The first-order valence-corrected chi connectivity index (χ1v) is 7.03. The lowest BCUT2D eigenvalue weighted by Gasteiger charge is -2.34. The van der Waals surface area contributed by atoms with Gasteiger partial charge in [-0.2, -0.15) is 0 Å². The van der Waals surface area contributed by atoms with Crippen LogP contribution in [0.4, 0.5) is 5.69 Å². The van der Waals surface area contributed by atoms with Gasteiger partial charge < -0.3 is 15.4 Å². The van der Waals surface area contributed by atoms with Gasteiger partial charge in [-0.25, -0.2) is 0 Å². The van der Waals surface area contributed by atoms with Gasteiger partial charge in [0.25, 0.3) is 0 Å². The topological polar surface area (TPSA) is 38.5 Å². The largest absolute Gasteiger partial charge is 0.358 e. The van der Waals surface area contributed by atoms with Crippen molar-refractivity contribution < 1.29 is 4.74 Å². The van der Waals surface area contributed by atoms with E-state index >= 15 is 0 Å². The van der Waals surface area contributed by atoms with Crippen LogP contribution in [0.1, 0.15) is 24.8 Å². The van der Waals surface area contributed by atoms with Crippen LogP contribution in [-0.2, 0) is 4.74 Å². The molecule has 1 aromatic carbocycles. The van der Waals surface area contributed by atoms with Crippen LogP contribution in [0.15, 0.2) is 24.8 Å². The molecule has 1 saturated heterocycles. The Morgan fingerprint density at radius 2 is 2.32 bits per heavy atom. The van der Waals surface area contributed by atoms with E-state index in [-0.39, 0.29) is 6.23 Å². The number of halogens is 1. The van der Waals surface area contributed by atoms with Crippen LogP contribution < -0.4 is 10.6 Å². The lowest BCUT2D eigenvalue weighted by Crippen LogP contribution is -2.37. The van der Waals surface area contributed by atoms with Crippen molar-refractivity contribution in [2.24, 2.45) is 5.73 Å². The normalized spacial score (nSPS) is 19.2. The molecular weight excluding hydrogens is 260 g/mol. The molecule has 1 heterocycles. The second-order valence-electron chi connectivity index (χ2n) is 4.90. The Labute approximate surface area is 120 Å². The van der Waals surface area contributed by atoms with Crippen LogP contribution in [-0.4, -0.2) is 26.4 Å². The van der Waals surface area contributed by atoms with E-state index in [0.29, 0.717) is 11.6 Å². The van der Waals surface area contributed by atoms with E-state index in [1.54, 1.807) is 0 Å². The minimum Gasteiger partial charge on any atom is -0.358 e. The van der Waals surface area contributed by atoms with E-state index in [9.17, 15) is 0 Å². The minimum absolute atomic E-state index is 0.124. The third-order valence-corrected chi connectivity index (χ3v) is 3.79. The highest BCUT2D eigenvalue weighted by atomic mass is 35.5. The number of nitrogens with two attached hydrogens (primary N) is 1. The van der Waals surface area contributed by atoms with E-state index < -0.39 is 0 Å². The molecule has 4 heteroatoms. The van der Waals surface area contributed by atoms with Crippen molar-refractivity contribution in [1.29, 1.82) is 0 Å². The Hall–Kier alpha value is -1.03. The molecule has 0 aliphatic carbocycles. The van der Waals surface area contributed by atoms with Gasteiger partial charge in [0.05, 0.1) is 0 Å². The molecule has 2 N–H and O–H groups in total. The Kier molecular flexibility index (Phi) is 4.86. The van der Waals surface area contributed by atoms with Crippen LogP contribution in [0.25, 0.3) is 5.57 Å². The maximum Gasteiger partial charge on any atom is 0.129 e. The second kappa shape index (κ2) is 6.42. The van der Waals surface area contributed by atoms with E-state index in [1.165, 1.54) is 6.42 Å². The summed E-state index contributed by atoms with van der Waals surface area (Å²) in [5.41, 5.74) is 8.68. The molecule has 104 valence electrons. The van der Waals surface area contributed by atoms with Gasteiger partial charge in [-0.1, -0.05) is 18.2 Å². The summed E-state index contributed by atoms with van der Waals surface area (Å²) in [6.45, 7) is 5.27. The predicted molar refractivity (Wildman–Crippen MR) is 81.5 cm³/mol. The van der Waals surface area contributed by atoms with Crippen molar-refractivity contribution in [3.63, 3.8) is 0 Å². The molecule has 3 nitrogen and oxygen atoms in total. The number of nitrogens with zero attached hydrogens (tertiary/aromatic N) is 1. The molecule has 1 atom stereocenters. The van der Waals surface area contributed by atoms with E-state index in [4.69, 9.17) is 22.1 Å². The highest BCUT2D eigenvalue weighted by molar-refractivity contribution is 6.30. The van der Waals surface area contributed by atoms with Crippen molar-refractivity contribution in [3.8, 4) is 0 Å². The molecule has 0 radical (unpaired) electrons. The molecule has 1 aliphatic heterocycles. The van der Waals surface area contributed by atoms with Crippen molar-refractivity contribution in [2.45, 2.75) is 25.5 Å². The molecule has 19 heavy (non-hydrogen) atoms. The van der Waals surface area contributed by atoms with Gasteiger partial charge in [0.2, 0.25) is 0 Å². The summed E-state index contributed by atoms with van der Waals surface area (Å²) in [5.74, 6) is 0. The summed E-state index contributed by atoms with van der Waals surface area (Å²) in [5, 5.41) is 0.700. The summed E-state index contributed by atoms with van der Waals surface area (Å²) < 4.78 is 5.82. The van der Waals surface area contributed by atoms with Crippen LogP contribution in [0.2, 0.25) is 5.02 Å². The monoisotopic (exact) mass is 280 g/mol. The summed E-state index contributed by atoms with van der Waals surface area (Å²) in [6, 6.07) is 5.82. The summed E-state index contributed by atoms with van der Waals surface area (Å²) in [6.07, 6.45) is 3.52. The van der Waals surface area contributed by atoms with Crippen LogP contribution in [0, 0.1) is 0 Å². The number of rotatable bonds is 4. The molecular formula is C15H21ClN2O. The molecule has 1 fully saturated rings. The summed E-state index contributed by atoms with van der Waals surface area (Å²) in [7, 11) is 2.05. The molecule has 1 unspecified atom stereocenters. The second-order valence-corrected chi connectivity index (χ2v) is 5.34. The van der Waals surface area contributed by atoms with Crippen molar-refractivity contribution in [2.75, 3.05) is 25.1 Å². The smallest absolute Gasteiger partial charge is 0.129 e. The summed E-state index contributed by atoms with van der Waals surface area (Å²) in [4.78, 5) is 2.16. The Morgan fingerprint density at radius 3 is 2.95 bits per heavy atom. The fraction of sp³-hybridized carbons (Fsp3) is 0.467. The molecule has 0 spiro atoms. The van der Waals surface area contributed by atoms with Gasteiger partial charge in [0.1, 0.15) is 6.23 Å². The van der Waals surface area contributed by atoms with Crippen molar-refractivity contribution in [1.82, 2.24) is 0 Å². The highest BCUT2D eigenvalue weighted by Gasteiger charge is 2.21. The Balaban J connectivity index is 2.29. The number of benzene rings is 1. The van der Waals surface area contributed by atoms with Gasteiger partial charge in [0.15, 0.2) is 0 Å². The van der Waals surface area contributed by atoms with Gasteiger partial charge >= 0.3 is 0 Å². The van der Waals surface area contributed by atoms with Crippen LogP contribution in [0.3, 0.4) is 0 Å². The first-order chi connectivity index (χ1) is 9.13. The zero-order chi connectivity index (χ0) is 13.8. The SMILES string of the molecule is C=C(CN)c1cc(Cl)ccc1N(C)C1CCCCO1. The number of hydrogen-bond donors (Lipinski definition) is 1. The molecule has 0 bridgehead atoms. The fourth-order valence-corrected chi connectivity index (χ4v) is 2.57. The zero-order valence-corrected chi connectivity index (χ0v) is 12.1. The standard InChI is InChI=1S/C15H21ClN2O/c1-11(10-17)13-9-12(16)6-7-14(13)18(2)15-5-3-4-8-19-15/h6-7,9,15H,1,3-5,8,10,17H2,2H3. The van der Waals surface area contributed by atoms with E-state index in [1.807, 2.05) is 25.2 Å². The Morgan fingerprint density at radius 1 is 1.53 bits per heavy atom. The van der Waals surface area contributed by atoms with Crippen LogP contribution in [0.5, 0.6) is 0 Å². The third kappa shape index (κ3) is 3.30. The van der Waals surface area contributed by atoms with Gasteiger partial charge in [0, 0.05) is 36.5 Å². The summed E-state index contributed by atoms with van der Waals surface area (Å²) >= 11 is 6.08. The van der Waals surface area contributed by atoms with Gasteiger partial charge in [-0.15, -0.1) is 0 Å². The first kappa shape index (κ1) is 14.4. The highest BCUT2D eigenvalue weighted by Crippen LogP contribution is 2.31. The maximum absolute atomic E-state index is 6.08. The minimum atomic E-state index is 0.124. The lowest BCUT2D eigenvalue weighted by molar-refractivity contribution is 0.0174. The molecule has 1 aliphatic rings. The predicted octanol–water partition coefficient (Wildman–Crippen LogP) is 3.27. The van der Waals surface area contributed by atoms with Gasteiger partial charge in [-0.3, -0.25) is 0 Å². The maximum atomic E-state index is 6.08. The average Bonchev–Trinajstić information content (AvgIpc) is 2.46.